The summed E-state index contributed by atoms with van der Waals surface area (Å²) in [5, 5.41) is 3.75. The first-order valence-corrected chi connectivity index (χ1v) is 8.53. The molecule has 2 fully saturated rings. The first-order chi connectivity index (χ1) is 10.8. The van der Waals surface area contributed by atoms with E-state index in [0.29, 0.717) is 12.1 Å². The van der Waals surface area contributed by atoms with Crippen LogP contribution in [0.2, 0.25) is 0 Å². The molecule has 3 aliphatic rings. The summed E-state index contributed by atoms with van der Waals surface area (Å²) in [5.74, 6) is 2.64. The molecule has 0 spiro atoms. The van der Waals surface area contributed by atoms with E-state index in [0.717, 1.165) is 30.4 Å². The molecule has 0 radical (unpaired) electrons. The Morgan fingerprint density at radius 1 is 1.23 bits per heavy atom. The van der Waals surface area contributed by atoms with Crippen LogP contribution in [0.15, 0.2) is 12.1 Å². The van der Waals surface area contributed by atoms with Crippen molar-refractivity contribution >= 4 is 0 Å². The van der Waals surface area contributed by atoms with Crippen LogP contribution in [0.3, 0.4) is 0 Å². The highest BCUT2D eigenvalue weighted by atomic mass is 16.5. The average molecular weight is 302 g/mol. The second-order valence-corrected chi connectivity index (χ2v) is 6.83. The summed E-state index contributed by atoms with van der Waals surface area (Å²) in [6, 6.07) is 5.56. The third kappa shape index (κ3) is 2.20. The molecule has 3 atom stereocenters. The number of hydrogen-bond acceptors (Lipinski definition) is 4. The van der Waals surface area contributed by atoms with Crippen LogP contribution < -0.4 is 14.8 Å². The van der Waals surface area contributed by atoms with Gasteiger partial charge in [-0.05, 0) is 49.8 Å². The van der Waals surface area contributed by atoms with Gasteiger partial charge in [0.05, 0.1) is 14.2 Å². The van der Waals surface area contributed by atoms with E-state index in [1.807, 2.05) is 0 Å². The van der Waals surface area contributed by atoms with E-state index in [1.54, 1.807) is 14.2 Å². The number of nitrogens with zero attached hydrogens (tertiary/aromatic N) is 1. The van der Waals surface area contributed by atoms with Crippen LogP contribution >= 0.6 is 0 Å². The summed E-state index contributed by atoms with van der Waals surface area (Å²) in [4.78, 5) is 2.70. The SMILES string of the molecule is COc1ccc2c(c1OC)CCN1C[C@@H]3CCCN[C@@H]3C[C@H]21. The Morgan fingerprint density at radius 2 is 2.14 bits per heavy atom. The van der Waals surface area contributed by atoms with E-state index in [4.69, 9.17) is 9.47 Å². The van der Waals surface area contributed by atoms with Crippen LogP contribution in [-0.4, -0.2) is 44.8 Å². The molecular formula is C18H26N2O2. The van der Waals surface area contributed by atoms with Gasteiger partial charge in [-0.2, -0.15) is 0 Å². The normalized spacial score (nSPS) is 30.9. The fourth-order valence-corrected chi connectivity index (χ4v) is 4.73. The Labute approximate surface area is 132 Å². The molecule has 0 saturated carbocycles. The van der Waals surface area contributed by atoms with Gasteiger partial charge in [0.2, 0.25) is 0 Å². The van der Waals surface area contributed by atoms with Crippen molar-refractivity contribution < 1.29 is 9.47 Å². The van der Waals surface area contributed by atoms with E-state index >= 15 is 0 Å². The van der Waals surface area contributed by atoms with Gasteiger partial charge >= 0.3 is 0 Å². The predicted octanol–water partition coefficient (Wildman–Crippen LogP) is 2.37. The quantitative estimate of drug-likeness (QED) is 0.909. The van der Waals surface area contributed by atoms with Crippen LogP contribution in [0.5, 0.6) is 11.5 Å². The molecule has 120 valence electrons. The number of benzene rings is 1. The summed E-state index contributed by atoms with van der Waals surface area (Å²) < 4.78 is 11.1. The topological polar surface area (TPSA) is 33.7 Å². The van der Waals surface area contributed by atoms with Gasteiger partial charge in [-0.15, -0.1) is 0 Å². The Kier molecular flexibility index (Phi) is 3.74. The molecule has 0 amide bonds. The number of ether oxygens (including phenoxy) is 2. The second-order valence-electron chi connectivity index (χ2n) is 6.83. The van der Waals surface area contributed by atoms with Gasteiger partial charge in [0.1, 0.15) is 0 Å². The van der Waals surface area contributed by atoms with Crippen molar-refractivity contribution in [2.24, 2.45) is 5.92 Å². The maximum Gasteiger partial charge on any atom is 0.164 e. The highest BCUT2D eigenvalue weighted by Gasteiger charge is 2.40. The highest BCUT2D eigenvalue weighted by Crippen LogP contribution is 2.45. The molecule has 0 bridgehead atoms. The van der Waals surface area contributed by atoms with Gasteiger partial charge in [0.25, 0.3) is 0 Å². The Balaban J connectivity index is 1.68. The first-order valence-electron chi connectivity index (χ1n) is 8.53. The van der Waals surface area contributed by atoms with Crippen molar-refractivity contribution in [1.82, 2.24) is 10.2 Å². The molecule has 1 aromatic carbocycles. The minimum atomic E-state index is 0.537. The Morgan fingerprint density at radius 3 is 2.95 bits per heavy atom. The molecule has 1 aromatic rings. The number of rotatable bonds is 2. The maximum atomic E-state index is 5.66. The lowest BCUT2D eigenvalue weighted by molar-refractivity contribution is 0.0546. The largest absolute Gasteiger partial charge is 0.493 e. The van der Waals surface area contributed by atoms with Crippen LogP contribution in [-0.2, 0) is 6.42 Å². The number of piperidine rings is 2. The Hall–Kier alpha value is -1.26. The van der Waals surface area contributed by atoms with Gasteiger partial charge < -0.3 is 14.8 Å². The minimum Gasteiger partial charge on any atom is -0.493 e. The number of methoxy groups -OCH3 is 2. The number of nitrogens with one attached hydrogen (secondary N) is 1. The zero-order chi connectivity index (χ0) is 15.1. The molecular weight excluding hydrogens is 276 g/mol. The minimum absolute atomic E-state index is 0.537. The van der Waals surface area contributed by atoms with Crippen molar-refractivity contribution in [3.05, 3.63) is 23.3 Å². The van der Waals surface area contributed by atoms with Gasteiger partial charge in [0.15, 0.2) is 11.5 Å². The zero-order valence-electron chi connectivity index (χ0n) is 13.6. The average Bonchev–Trinajstić information content (AvgIpc) is 2.58. The number of fused-ring (bicyclic) bond motifs is 4. The third-order valence-corrected chi connectivity index (χ3v) is 5.81. The highest BCUT2D eigenvalue weighted by molar-refractivity contribution is 5.53. The molecule has 22 heavy (non-hydrogen) atoms. The third-order valence-electron chi connectivity index (χ3n) is 5.81. The molecule has 3 aliphatic heterocycles. The van der Waals surface area contributed by atoms with Crippen molar-refractivity contribution in [3.63, 3.8) is 0 Å². The Bertz CT molecular complexity index is 560. The summed E-state index contributed by atoms with van der Waals surface area (Å²) in [5.41, 5.74) is 2.81. The van der Waals surface area contributed by atoms with Crippen molar-refractivity contribution in [3.8, 4) is 11.5 Å². The number of hydrogen-bond donors (Lipinski definition) is 1. The maximum absolute atomic E-state index is 5.66. The van der Waals surface area contributed by atoms with Crippen LogP contribution in [0.25, 0.3) is 0 Å². The lowest BCUT2D eigenvalue weighted by Crippen LogP contribution is -2.54. The second kappa shape index (κ2) is 5.74. The van der Waals surface area contributed by atoms with Crippen LogP contribution in [0.1, 0.15) is 36.4 Å². The molecule has 0 unspecified atom stereocenters. The van der Waals surface area contributed by atoms with Crippen molar-refractivity contribution in [2.45, 2.75) is 37.8 Å². The van der Waals surface area contributed by atoms with E-state index in [1.165, 1.54) is 43.5 Å². The summed E-state index contributed by atoms with van der Waals surface area (Å²) in [6.45, 7) is 3.58. The molecule has 4 heteroatoms. The summed E-state index contributed by atoms with van der Waals surface area (Å²) >= 11 is 0. The summed E-state index contributed by atoms with van der Waals surface area (Å²) in [7, 11) is 3.47. The lowest BCUT2D eigenvalue weighted by atomic mass is 9.77. The van der Waals surface area contributed by atoms with Crippen molar-refractivity contribution in [1.29, 1.82) is 0 Å². The molecule has 0 aliphatic carbocycles. The molecule has 1 N–H and O–H groups in total. The smallest absolute Gasteiger partial charge is 0.164 e. The summed E-state index contributed by atoms with van der Waals surface area (Å²) in [6.07, 6.45) is 5.02. The van der Waals surface area contributed by atoms with Crippen LogP contribution in [0.4, 0.5) is 0 Å². The van der Waals surface area contributed by atoms with E-state index < -0.39 is 0 Å². The molecule has 4 rings (SSSR count). The van der Waals surface area contributed by atoms with E-state index in [9.17, 15) is 0 Å². The van der Waals surface area contributed by atoms with Crippen molar-refractivity contribution in [2.75, 3.05) is 33.9 Å². The predicted molar refractivity (Wildman–Crippen MR) is 86.7 cm³/mol. The van der Waals surface area contributed by atoms with Gasteiger partial charge in [-0.25, -0.2) is 0 Å². The zero-order valence-corrected chi connectivity index (χ0v) is 13.6. The molecule has 2 saturated heterocycles. The first kappa shape index (κ1) is 14.3. The fourth-order valence-electron chi connectivity index (χ4n) is 4.73. The van der Waals surface area contributed by atoms with Gasteiger partial charge in [-0.1, -0.05) is 6.07 Å². The van der Waals surface area contributed by atoms with Crippen LogP contribution in [0, 0.1) is 5.92 Å². The molecule has 0 aromatic heterocycles. The van der Waals surface area contributed by atoms with Gasteiger partial charge in [-0.3, -0.25) is 4.90 Å². The molecule has 4 nitrogen and oxygen atoms in total. The monoisotopic (exact) mass is 302 g/mol. The van der Waals surface area contributed by atoms with E-state index in [2.05, 4.69) is 22.3 Å². The lowest BCUT2D eigenvalue weighted by Gasteiger charge is -2.49. The van der Waals surface area contributed by atoms with E-state index in [-0.39, 0.29) is 0 Å². The standard InChI is InChI=1S/C18H26N2O2/c1-21-17-6-5-13-14(18(17)22-2)7-9-20-11-12-4-3-8-19-15(12)10-16(13)20/h5-6,12,15-16,19H,3-4,7-11H2,1-2H3/t12-,15+,16+/m0/s1. The molecule has 3 heterocycles. The fraction of sp³-hybridized carbons (Fsp3) is 0.667. The van der Waals surface area contributed by atoms with Gasteiger partial charge in [0, 0.05) is 30.7 Å².